The minimum absolute atomic E-state index is 0.0996. The number of hydrogen-bond acceptors (Lipinski definition) is 2. The van der Waals surface area contributed by atoms with E-state index in [1.807, 2.05) is 0 Å². The van der Waals surface area contributed by atoms with Gasteiger partial charge in [0.2, 0.25) is 0 Å². The molecule has 0 aliphatic carbocycles. The molecule has 0 rings (SSSR count). The molecule has 21 heavy (non-hydrogen) atoms. The highest BCUT2D eigenvalue weighted by Crippen LogP contribution is 2.49. The van der Waals surface area contributed by atoms with E-state index in [9.17, 15) is 26.3 Å². The molecule has 0 aromatic rings. The van der Waals surface area contributed by atoms with Gasteiger partial charge in [-0.25, -0.2) is 0 Å². The fourth-order valence-corrected chi connectivity index (χ4v) is 1.77. The fraction of sp³-hybridized carbons (Fsp3) is 1.00. The van der Waals surface area contributed by atoms with Crippen LogP contribution in [0, 0.1) is 0 Å². The van der Waals surface area contributed by atoms with Crippen LogP contribution >= 0.6 is 11.6 Å². The number of rotatable bonds is 11. The molecule has 0 bridgehead atoms. The second-order valence-electron chi connectivity index (χ2n) is 4.67. The van der Waals surface area contributed by atoms with Crippen LogP contribution in [-0.4, -0.2) is 48.1 Å². The first-order chi connectivity index (χ1) is 9.55. The summed E-state index contributed by atoms with van der Waals surface area (Å²) < 4.78 is 84.4. The average Bonchev–Trinajstić information content (AvgIpc) is 2.38. The Bertz CT molecular complexity index is 297. The second kappa shape index (κ2) is 8.43. The largest absolute Gasteiger partial charge is 0.394 e. The van der Waals surface area contributed by atoms with Crippen LogP contribution in [0.3, 0.4) is 0 Å². The summed E-state index contributed by atoms with van der Waals surface area (Å²) in [6.45, 7) is 0.366. The Morgan fingerprint density at radius 1 is 1.05 bits per heavy atom. The van der Waals surface area contributed by atoms with E-state index in [0.717, 1.165) is 0 Å². The van der Waals surface area contributed by atoms with E-state index in [1.54, 1.807) is 0 Å². The van der Waals surface area contributed by atoms with Gasteiger partial charge >= 0.3 is 17.8 Å². The van der Waals surface area contributed by atoms with Gasteiger partial charge in [0.05, 0.1) is 18.6 Å². The van der Waals surface area contributed by atoms with Gasteiger partial charge in [0, 0.05) is 19.4 Å². The zero-order chi connectivity index (χ0) is 16.7. The predicted molar refractivity (Wildman–Crippen MR) is 66.5 cm³/mol. The smallest absolute Gasteiger partial charge is 0.371 e. The van der Waals surface area contributed by atoms with Gasteiger partial charge in [0.1, 0.15) is 0 Å². The van der Waals surface area contributed by atoms with E-state index in [4.69, 9.17) is 21.4 Å². The van der Waals surface area contributed by atoms with Gasteiger partial charge in [-0.1, -0.05) is 13.3 Å². The van der Waals surface area contributed by atoms with Crippen LogP contribution in [0.25, 0.3) is 0 Å². The van der Waals surface area contributed by atoms with Crippen molar-refractivity contribution in [3.05, 3.63) is 0 Å². The minimum Gasteiger partial charge on any atom is -0.394 e. The highest BCUT2D eigenvalue weighted by Gasteiger charge is 2.69. The zero-order valence-electron chi connectivity index (χ0n) is 11.5. The van der Waals surface area contributed by atoms with Crippen LogP contribution in [0.1, 0.15) is 32.6 Å². The third kappa shape index (κ3) is 5.49. The molecule has 0 aliphatic heterocycles. The van der Waals surface area contributed by atoms with Crippen molar-refractivity contribution in [3.8, 4) is 0 Å². The first-order valence-electron chi connectivity index (χ1n) is 6.47. The second-order valence-corrected chi connectivity index (χ2v) is 4.98. The van der Waals surface area contributed by atoms with Crippen molar-refractivity contribution in [1.29, 1.82) is 0 Å². The first kappa shape index (κ1) is 20.8. The summed E-state index contributed by atoms with van der Waals surface area (Å²) in [7, 11) is 0. The third-order valence-electron chi connectivity index (χ3n) is 2.85. The van der Waals surface area contributed by atoms with E-state index >= 15 is 0 Å². The Kier molecular flexibility index (Phi) is 8.35. The molecular weight excluding hydrogens is 326 g/mol. The Morgan fingerprint density at radius 2 is 1.57 bits per heavy atom. The fourth-order valence-electron chi connectivity index (χ4n) is 1.59. The Balaban J connectivity index is 4.53. The SMILES string of the molecule is CCCC(F)(F)C(F)(F)C(F)(F)CCCOC(CO)CCl. The quantitative estimate of drug-likeness (QED) is 0.347. The molecular formula is C12H19ClF6O2. The van der Waals surface area contributed by atoms with Crippen molar-refractivity contribution in [2.75, 3.05) is 19.1 Å². The summed E-state index contributed by atoms with van der Waals surface area (Å²) in [5.74, 6) is -15.1. The van der Waals surface area contributed by atoms with Crippen LogP contribution < -0.4 is 0 Å². The molecule has 1 unspecified atom stereocenters. The maximum absolute atomic E-state index is 13.3. The molecule has 0 aromatic heterocycles. The summed E-state index contributed by atoms with van der Waals surface area (Å²) in [6, 6.07) is 0. The van der Waals surface area contributed by atoms with Crippen LogP contribution in [0.2, 0.25) is 0 Å². The monoisotopic (exact) mass is 344 g/mol. The highest BCUT2D eigenvalue weighted by molar-refractivity contribution is 6.18. The molecule has 1 atom stereocenters. The van der Waals surface area contributed by atoms with Gasteiger partial charge < -0.3 is 9.84 Å². The predicted octanol–water partition coefficient (Wildman–Crippen LogP) is 4.09. The maximum atomic E-state index is 13.3. The zero-order valence-corrected chi connectivity index (χ0v) is 12.3. The lowest BCUT2D eigenvalue weighted by Gasteiger charge is -2.32. The van der Waals surface area contributed by atoms with E-state index in [0.29, 0.717) is 0 Å². The average molecular weight is 345 g/mol. The summed E-state index contributed by atoms with van der Waals surface area (Å²) in [6.07, 6.45) is -4.46. The third-order valence-corrected chi connectivity index (χ3v) is 3.19. The molecule has 0 radical (unpaired) electrons. The molecule has 2 nitrogen and oxygen atoms in total. The lowest BCUT2D eigenvalue weighted by Crippen LogP contribution is -2.54. The molecule has 0 aromatic carbocycles. The van der Waals surface area contributed by atoms with Crippen molar-refractivity contribution in [2.45, 2.75) is 56.5 Å². The topological polar surface area (TPSA) is 29.5 Å². The molecule has 9 heteroatoms. The number of aliphatic hydroxyl groups is 1. The molecule has 0 spiro atoms. The van der Waals surface area contributed by atoms with E-state index in [2.05, 4.69) is 0 Å². The van der Waals surface area contributed by atoms with Crippen molar-refractivity contribution in [2.24, 2.45) is 0 Å². The summed E-state index contributed by atoms with van der Waals surface area (Å²) in [5.41, 5.74) is 0. The van der Waals surface area contributed by atoms with E-state index in [1.165, 1.54) is 6.92 Å². The Labute approximate surface area is 124 Å². The molecule has 0 heterocycles. The molecule has 0 saturated heterocycles. The van der Waals surface area contributed by atoms with Gasteiger partial charge in [-0.05, 0) is 6.42 Å². The Morgan fingerprint density at radius 3 is 2.00 bits per heavy atom. The molecule has 0 amide bonds. The van der Waals surface area contributed by atoms with Crippen molar-refractivity contribution >= 4 is 11.6 Å². The van der Waals surface area contributed by atoms with Gasteiger partial charge in [-0.2, -0.15) is 26.3 Å². The number of aliphatic hydroxyl groups excluding tert-OH is 1. The first-order valence-corrected chi connectivity index (χ1v) is 7.01. The van der Waals surface area contributed by atoms with Gasteiger partial charge in [0.15, 0.2) is 0 Å². The van der Waals surface area contributed by atoms with Gasteiger partial charge in [0.25, 0.3) is 0 Å². The van der Waals surface area contributed by atoms with Gasteiger partial charge in [-0.15, -0.1) is 11.6 Å². The minimum atomic E-state index is -5.42. The van der Waals surface area contributed by atoms with Crippen molar-refractivity contribution < 1.29 is 36.2 Å². The summed E-state index contributed by atoms with van der Waals surface area (Å²) in [5, 5.41) is 8.70. The Hall–Kier alpha value is -0.210. The highest BCUT2D eigenvalue weighted by atomic mass is 35.5. The standard InChI is InChI=1S/C12H19ClF6O2/c1-2-4-10(14,15)12(18,19)11(16,17)5-3-6-21-9(7-13)8-20/h9,20H,2-8H2,1H3. The number of halogens is 7. The molecule has 0 saturated carbocycles. The molecule has 1 N–H and O–H groups in total. The molecule has 0 fully saturated rings. The summed E-state index contributed by atoms with van der Waals surface area (Å²) in [4.78, 5) is 0. The molecule has 128 valence electrons. The maximum Gasteiger partial charge on any atom is 0.371 e. The lowest BCUT2D eigenvalue weighted by molar-refractivity contribution is -0.312. The van der Waals surface area contributed by atoms with Crippen molar-refractivity contribution in [3.63, 3.8) is 0 Å². The van der Waals surface area contributed by atoms with Crippen molar-refractivity contribution in [1.82, 2.24) is 0 Å². The van der Waals surface area contributed by atoms with E-state index < -0.39 is 49.7 Å². The number of hydrogen-bond donors (Lipinski definition) is 1. The van der Waals surface area contributed by atoms with E-state index in [-0.39, 0.29) is 18.9 Å². The summed E-state index contributed by atoms with van der Waals surface area (Å²) >= 11 is 5.35. The number of ether oxygens (including phenoxy) is 1. The lowest BCUT2D eigenvalue weighted by atomic mass is 9.97. The van der Waals surface area contributed by atoms with Crippen LogP contribution in [-0.2, 0) is 4.74 Å². The molecule has 0 aliphatic rings. The van der Waals surface area contributed by atoms with Gasteiger partial charge in [-0.3, -0.25) is 0 Å². The van der Waals surface area contributed by atoms with Crippen LogP contribution in [0.5, 0.6) is 0 Å². The normalized spacial score (nSPS) is 15.3. The van der Waals surface area contributed by atoms with Crippen LogP contribution in [0.4, 0.5) is 26.3 Å². The number of alkyl halides is 7. The van der Waals surface area contributed by atoms with Crippen LogP contribution in [0.15, 0.2) is 0 Å².